The molecule has 0 spiro atoms. The molecule has 1 aliphatic rings. The lowest BCUT2D eigenvalue weighted by Gasteiger charge is -2.29. The van der Waals surface area contributed by atoms with E-state index in [-0.39, 0.29) is 11.9 Å². The lowest BCUT2D eigenvalue weighted by molar-refractivity contribution is -0.147. The van der Waals surface area contributed by atoms with Crippen molar-refractivity contribution < 1.29 is 13.9 Å². The molecule has 0 unspecified atom stereocenters. The number of hydrogen-bond donors (Lipinski definition) is 0. The Morgan fingerprint density at radius 2 is 2.00 bits per heavy atom. The first kappa shape index (κ1) is 9.49. The average molecular weight is 174 g/mol. The predicted octanol–water partition coefficient (Wildman–Crippen LogP) is 2.08. The molecule has 0 saturated heterocycles. The molecule has 0 N–H and O–H groups in total. The number of halogens is 1. The molecule has 0 amide bonds. The van der Waals surface area contributed by atoms with Crippen LogP contribution in [-0.2, 0) is 9.53 Å². The minimum atomic E-state index is -1.06. The van der Waals surface area contributed by atoms with Crippen molar-refractivity contribution in [1.82, 2.24) is 0 Å². The van der Waals surface area contributed by atoms with Crippen LogP contribution in [0.15, 0.2) is 0 Å². The molecule has 3 heteroatoms. The smallest absolute Gasteiger partial charge is 0.308 e. The predicted molar refractivity (Wildman–Crippen MR) is 43.5 cm³/mol. The fraction of sp³-hybridized carbons (Fsp3) is 0.889. The Kier molecular flexibility index (Phi) is 2.70. The van der Waals surface area contributed by atoms with Crippen LogP contribution in [0.4, 0.5) is 4.39 Å². The van der Waals surface area contributed by atoms with Crippen molar-refractivity contribution in [3.8, 4) is 0 Å². The minimum Gasteiger partial charge on any atom is -0.469 e. The molecule has 70 valence electrons. The van der Waals surface area contributed by atoms with E-state index >= 15 is 0 Å². The Labute approximate surface area is 72.1 Å². The molecule has 0 aromatic rings. The second-order valence-corrected chi connectivity index (χ2v) is 3.71. The third-order valence-corrected chi connectivity index (χ3v) is 2.56. The molecule has 1 saturated carbocycles. The number of hydrogen-bond acceptors (Lipinski definition) is 2. The van der Waals surface area contributed by atoms with Crippen LogP contribution in [0.2, 0.25) is 0 Å². The van der Waals surface area contributed by atoms with Crippen molar-refractivity contribution >= 4 is 5.97 Å². The van der Waals surface area contributed by atoms with Crippen LogP contribution < -0.4 is 0 Å². The van der Waals surface area contributed by atoms with Crippen molar-refractivity contribution in [1.29, 1.82) is 0 Å². The Hall–Kier alpha value is -0.600. The van der Waals surface area contributed by atoms with Gasteiger partial charge in [-0.15, -0.1) is 0 Å². The van der Waals surface area contributed by atoms with Crippen molar-refractivity contribution in [2.24, 2.45) is 5.92 Å². The van der Waals surface area contributed by atoms with Gasteiger partial charge in [0.15, 0.2) is 0 Å². The van der Waals surface area contributed by atoms with Crippen LogP contribution in [0.5, 0.6) is 0 Å². The molecular weight excluding hydrogens is 159 g/mol. The number of methoxy groups -OCH3 is 1. The van der Waals surface area contributed by atoms with E-state index in [9.17, 15) is 9.18 Å². The van der Waals surface area contributed by atoms with E-state index in [4.69, 9.17) is 0 Å². The molecule has 0 radical (unpaired) electrons. The molecular formula is C9H15FO2. The molecule has 0 heterocycles. The molecule has 0 aliphatic heterocycles. The normalized spacial score (nSPS) is 36.1. The molecule has 1 fully saturated rings. The molecule has 12 heavy (non-hydrogen) atoms. The summed E-state index contributed by atoms with van der Waals surface area (Å²) >= 11 is 0. The first-order valence-electron chi connectivity index (χ1n) is 4.32. The monoisotopic (exact) mass is 174 g/mol. The zero-order valence-corrected chi connectivity index (χ0v) is 7.60. The standard InChI is InChI=1S/C9H15FO2/c1-9(10)5-3-7(4-6-9)8(11)12-2/h7H,3-6H2,1-2H3. The summed E-state index contributed by atoms with van der Waals surface area (Å²) in [4.78, 5) is 11.0. The summed E-state index contributed by atoms with van der Waals surface area (Å²) in [5.74, 6) is -0.260. The second-order valence-electron chi connectivity index (χ2n) is 3.71. The average Bonchev–Trinajstić information content (AvgIpc) is 2.03. The molecule has 1 aliphatic carbocycles. The topological polar surface area (TPSA) is 26.3 Å². The van der Waals surface area contributed by atoms with Crippen LogP contribution in [0.1, 0.15) is 32.6 Å². The van der Waals surface area contributed by atoms with E-state index in [1.807, 2.05) is 0 Å². The number of ether oxygens (including phenoxy) is 1. The first-order valence-corrected chi connectivity index (χ1v) is 4.32. The number of carbonyl (C=O) groups is 1. The highest BCUT2D eigenvalue weighted by Crippen LogP contribution is 2.34. The Morgan fingerprint density at radius 1 is 1.50 bits per heavy atom. The van der Waals surface area contributed by atoms with E-state index in [1.165, 1.54) is 7.11 Å². The van der Waals surface area contributed by atoms with Gasteiger partial charge >= 0.3 is 5.97 Å². The third kappa shape index (κ3) is 2.19. The number of rotatable bonds is 1. The quantitative estimate of drug-likeness (QED) is 0.569. The number of alkyl halides is 1. The molecule has 0 aromatic carbocycles. The summed E-state index contributed by atoms with van der Waals surface area (Å²) in [6.45, 7) is 1.60. The van der Waals surface area contributed by atoms with Gasteiger partial charge in [0.1, 0.15) is 5.67 Å². The zero-order chi connectivity index (χ0) is 9.19. The van der Waals surface area contributed by atoms with Gasteiger partial charge in [-0.05, 0) is 32.6 Å². The van der Waals surface area contributed by atoms with Gasteiger partial charge in [0, 0.05) is 0 Å². The molecule has 2 nitrogen and oxygen atoms in total. The summed E-state index contributed by atoms with van der Waals surface area (Å²) < 4.78 is 17.9. The maximum atomic E-state index is 13.3. The van der Waals surface area contributed by atoms with Crippen molar-refractivity contribution in [3.05, 3.63) is 0 Å². The number of esters is 1. The van der Waals surface area contributed by atoms with E-state index in [0.717, 1.165) is 0 Å². The lowest BCUT2D eigenvalue weighted by Crippen LogP contribution is -2.30. The largest absolute Gasteiger partial charge is 0.469 e. The molecule has 1 rings (SSSR count). The molecule has 0 atom stereocenters. The van der Waals surface area contributed by atoms with Crippen molar-refractivity contribution in [2.45, 2.75) is 38.3 Å². The highest BCUT2D eigenvalue weighted by atomic mass is 19.1. The SMILES string of the molecule is COC(=O)C1CCC(C)(F)CC1. The fourth-order valence-corrected chi connectivity index (χ4v) is 1.62. The Morgan fingerprint density at radius 3 is 2.42 bits per heavy atom. The fourth-order valence-electron chi connectivity index (χ4n) is 1.62. The van der Waals surface area contributed by atoms with Crippen LogP contribution in [0, 0.1) is 5.92 Å². The molecule has 0 aromatic heterocycles. The van der Waals surface area contributed by atoms with Crippen LogP contribution in [0.25, 0.3) is 0 Å². The summed E-state index contributed by atoms with van der Waals surface area (Å²) in [6, 6.07) is 0. The van der Waals surface area contributed by atoms with Gasteiger partial charge in [-0.1, -0.05) is 0 Å². The van der Waals surface area contributed by atoms with Gasteiger partial charge in [-0.2, -0.15) is 0 Å². The van der Waals surface area contributed by atoms with Crippen LogP contribution >= 0.6 is 0 Å². The van der Waals surface area contributed by atoms with Gasteiger partial charge in [-0.25, -0.2) is 4.39 Å². The summed E-state index contributed by atoms with van der Waals surface area (Å²) in [5.41, 5.74) is -1.06. The minimum absolute atomic E-state index is 0.0705. The Balaban J connectivity index is 2.41. The van der Waals surface area contributed by atoms with Crippen molar-refractivity contribution in [2.75, 3.05) is 7.11 Å². The Bertz CT molecular complexity index is 167. The van der Waals surface area contributed by atoms with Crippen LogP contribution in [0.3, 0.4) is 0 Å². The molecule has 0 bridgehead atoms. The summed E-state index contributed by atoms with van der Waals surface area (Å²) in [7, 11) is 1.38. The van der Waals surface area contributed by atoms with Gasteiger partial charge in [0.25, 0.3) is 0 Å². The number of carbonyl (C=O) groups excluding carboxylic acids is 1. The maximum absolute atomic E-state index is 13.3. The van der Waals surface area contributed by atoms with Gasteiger partial charge in [-0.3, -0.25) is 4.79 Å². The third-order valence-electron chi connectivity index (χ3n) is 2.56. The van der Waals surface area contributed by atoms with E-state index in [0.29, 0.717) is 25.7 Å². The van der Waals surface area contributed by atoms with E-state index in [2.05, 4.69) is 4.74 Å². The second kappa shape index (κ2) is 3.42. The maximum Gasteiger partial charge on any atom is 0.308 e. The lowest BCUT2D eigenvalue weighted by atomic mass is 9.81. The van der Waals surface area contributed by atoms with Gasteiger partial charge < -0.3 is 4.74 Å². The summed E-state index contributed by atoms with van der Waals surface area (Å²) in [6.07, 6.45) is 2.21. The first-order chi connectivity index (χ1) is 5.55. The van der Waals surface area contributed by atoms with Crippen molar-refractivity contribution in [3.63, 3.8) is 0 Å². The van der Waals surface area contributed by atoms with E-state index < -0.39 is 5.67 Å². The van der Waals surface area contributed by atoms with Crippen LogP contribution in [-0.4, -0.2) is 18.7 Å². The zero-order valence-electron chi connectivity index (χ0n) is 7.60. The highest BCUT2D eigenvalue weighted by Gasteiger charge is 2.33. The highest BCUT2D eigenvalue weighted by molar-refractivity contribution is 5.72. The van der Waals surface area contributed by atoms with E-state index in [1.54, 1.807) is 6.92 Å². The van der Waals surface area contributed by atoms with Gasteiger partial charge in [0.2, 0.25) is 0 Å². The van der Waals surface area contributed by atoms with Gasteiger partial charge in [0.05, 0.1) is 13.0 Å². The summed E-state index contributed by atoms with van der Waals surface area (Å²) in [5, 5.41) is 0.